The quantitative estimate of drug-likeness (QED) is 0.717. The third-order valence-electron chi connectivity index (χ3n) is 2.96. The summed E-state index contributed by atoms with van der Waals surface area (Å²) < 4.78 is 3.01. The topological polar surface area (TPSA) is 68.8 Å². The van der Waals surface area contributed by atoms with Crippen LogP contribution < -0.4 is 11.1 Å². The van der Waals surface area contributed by atoms with E-state index in [1.807, 2.05) is 34.6 Å². The Hall–Kier alpha value is -2.08. The molecule has 0 bridgehead atoms. The summed E-state index contributed by atoms with van der Waals surface area (Å²) in [5, 5.41) is 7.61. The summed E-state index contributed by atoms with van der Waals surface area (Å²) >= 11 is 1.60. The van der Waals surface area contributed by atoms with Crippen molar-refractivity contribution in [2.24, 2.45) is 0 Å². The molecule has 5 nitrogen and oxygen atoms in total. The van der Waals surface area contributed by atoms with E-state index in [1.54, 1.807) is 17.5 Å². The van der Waals surface area contributed by atoms with Crippen LogP contribution in [-0.2, 0) is 6.54 Å². The minimum atomic E-state index is 0.235. The van der Waals surface area contributed by atoms with Crippen molar-refractivity contribution in [1.82, 2.24) is 14.8 Å². The maximum Gasteiger partial charge on any atom is 0.106 e. The molecule has 0 amide bonds. The predicted octanol–water partition coefficient (Wildman–Crippen LogP) is 2.58. The van der Waals surface area contributed by atoms with Crippen molar-refractivity contribution in [2.75, 3.05) is 11.1 Å². The van der Waals surface area contributed by atoms with E-state index in [2.05, 4.69) is 22.3 Å². The van der Waals surface area contributed by atoms with Gasteiger partial charge < -0.3 is 11.1 Å². The van der Waals surface area contributed by atoms with Crippen LogP contribution in [0.15, 0.2) is 36.1 Å². The van der Waals surface area contributed by atoms with Crippen LogP contribution in [0.3, 0.4) is 0 Å². The smallest absolute Gasteiger partial charge is 0.106 e. The highest BCUT2D eigenvalue weighted by Crippen LogP contribution is 2.30. The first-order valence-electron chi connectivity index (χ1n) is 6.09. The molecule has 2 aromatic heterocycles. The molecule has 1 unspecified atom stereocenters. The number of hydrogen-bond acceptors (Lipinski definition) is 5. The Morgan fingerprint density at radius 2 is 2.37 bits per heavy atom. The molecule has 0 aliphatic rings. The number of benzene rings is 1. The number of aromatic nitrogens is 3. The summed E-state index contributed by atoms with van der Waals surface area (Å²) in [7, 11) is 0. The Morgan fingerprint density at radius 3 is 3.16 bits per heavy atom. The van der Waals surface area contributed by atoms with Crippen LogP contribution >= 0.6 is 11.3 Å². The molecule has 3 N–H and O–H groups in total. The highest BCUT2D eigenvalue weighted by molar-refractivity contribution is 7.16. The third kappa shape index (κ3) is 2.39. The molecule has 0 saturated heterocycles. The SMILES string of the molecule is CC(Cn1cccn1)Nc1ccc2scnc2c1N. The summed E-state index contributed by atoms with van der Waals surface area (Å²) in [4.78, 5) is 4.30. The lowest BCUT2D eigenvalue weighted by atomic mass is 10.2. The van der Waals surface area contributed by atoms with Crippen LogP contribution in [0.5, 0.6) is 0 Å². The fourth-order valence-corrected chi connectivity index (χ4v) is 2.77. The zero-order chi connectivity index (χ0) is 13.2. The molecule has 2 heterocycles. The zero-order valence-electron chi connectivity index (χ0n) is 10.6. The fourth-order valence-electron chi connectivity index (χ4n) is 2.08. The zero-order valence-corrected chi connectivity index (χ0v) is 11.4. The molecule has 0 aliphatic carbocycles. The van der Waals surface area contributed by atoms with Gasteiger partial charge in [0.2, 0.25) is 0 Å². The predicted molar refractivity (Wildman–Crippen MR) is 79.3 cm³/mol. The lowest BCUT2D eigenvalue weighted by molar-refractivity contribution is 0.561. The standard InChI is InChI=1S/C13H15N5S/c1-9(7-18-6-2-5-16-18)17-10-3-4-11-13(12(10)14)15-8-19-11/h2-6,8-9,17H,7,14H2,1H3. The molecular weight excluding hydrogens is 258 g/mol. The van der Waals surface area contributed by atoms with Gasteiger partial charge in [0.25, 0.3) is 0 Å². The van der Waals surface area contributed by atoms with E-state index in [-0.39, 0.29) is 6.04 Å². The van der Waals surface area contributed by atoms with Gasteiger partial charge in [-0.1, -0.05) is 0 Å². The van der Waals surface area contributed by atoms with Crippen molar-refractivity contribution in [2.45, 2.75) is 19.5 Å². The highest BCUT2D eigenvalue weighted by atomic mass is 32.1. The van der Waals surface area contributed by atoms with Crippen LogP contribution in [0, 0.1) is 0 Å². The van der Waals surface area contributed by atoms with Crippen molar-refractivity contribution in [3.63, 3.8) is 0 Å². The van der Waals surface area contributed by atoms with Gasteiger partial charge in [-0.2, -0.15) is 5.10 Å². The van der Waals surface area contributed by atoms with Gasteiger partial charge in [0, 0.05) is 18.4 Å². The van der Waals surface area contributed by atoms with Crippen molar-refractivity contribution in [3.05, 3.63) is 36.1 Å². The lowest BCUT2D eigenvalue weighted by Crippen LogP contribution is -2.22. The number of nitrogens with zero attached hydrogens (tertiary/aromatic N) is 3. The summed E-state index contributed by atoms with van der Waals surface area (Å²) in [6, 6.07) is 6.21. The second kappa shape index (κ2) is 4.89. The highest BCUT2D eigenvalue weighted by Gasteiger charge is 2.09. The Kier molecular flexibility index (Phi) is 3.08. The first kappa shape index (κ1) is 12.0. The number of nitrogen functional groups attached to an aromatic ring is 1. The second-order valence-corrected chi connectivity index (χ2v) is 5.39. The van der Waals surface area contributed by atoms with Gasteiger partial charge >= 0.3 is 0 Å². The van der Waals surface area contributed by atoms with Crippen molar-refractivity contribution in [1.29, 1.82) is 0 Å². The first-order chi connectivity index (χ1) is 9.24. The molecule has 3 aromatic rings. The average Bonchev–Trinajstić information content (AvgIpc) is 3.03. The Balaban J connectivity index is 1.79. The number of fused-ring (bicyclic) bond motifs is 1. The van der Waals surface area contributed by atoms with Crippen LogP contribution in [0.1, 0.15) is 6.92 Å². The molecule has 0 radical (unpaired) electrons. The van der Waals surface area contributed by atoms with Crippen LogP contribution in [0.4, 0.5) is 11.4 Å². The van der Waals surface area contributed by atoms with E-state index < -0.39 is 0 Å². The molecule has 3 rings (SSSR count). The Morgan fingerprint density at radius 1 is 1.47 bits per heavy atom. The molecule has 0 spiro atoms. The van der Waals surface area contributed by atoms with Crippen molar-refractivity contribution in [3.8, 4) is 0 Å². The summed E-state index contributed by atoms with van der Waals surface area (Å²) in [5.74, 6) is 0. The molecule has 19 heavy (non-hydrogen) atoms. The number of nitrogens with one attached hydrogen (secondary N) is 1. The van der Waals surface area contributed by atoms with Gasteiger partial charge in [0.15, 0.2) is 0 Å². The Labute approximate surface area is 115 Å². The number of hydrogen-bond donors (Lipinski definition) is 2. The lowest BCUT2D eigenvalue weighted by Gasteiger charge is -2.17. The van der Waals surface area contributed by atoms with Gasteiger partial charge in [-0.3, -0.25) is 4.68 Å². The van der Waals surface area contributed by atoms with E-state index in [0.717, 1.165) is 22.4 Å². The van der Waals surface area contributed by atoms with Crippen LogP contribution in [0.2, 0.25) is 0 Å². The van der Waals surface area contributed by atoms with E-state index in [0.29, 0.717) is 5.69 Å². The maximum absolute atomic E-state index is 6.14. The molecule has 98 valence electrons. The fraction of sp³-hybridized carbons (Fsp3) is 0.231. The summed E-state index contributed by atoms with van der Waals surface area (Å²) in [6.07, 6.45) is 3.73. The molecule has 6 heteroatoms. The van der Waals surface area contributed by atoms with E-state index in [4.69, 9.17) is 5.73 Å². The van der Waals surface area contributed by atoms with E-state index in [9.17, 15) is 0 Å². The monoisotopic (exact) mass is 273 g/mol. The summed E-state index contributed by atoms with van der Waals surface area (Å²) in [5.41, 5.74) is 10.5. The van der Waals surface area contributed by atoms with E-state index in [1.165, 1.54) is 0 Å². The Bertz CT molecular complexity index is 673. The van der Waals surface area contributed by atoms with Gasteiger partial charge in [-0.05, 0) is 25.1 Å². The van der Waals surface area contributed by atoms with Crippen LogP contribution in [-0.4, -0.2) is 20.8 Å². The molecule has 0 saturated carbocycles. The first-order valence-corrected chi connectivity index (χ1v) is 6.97. The van der Waals surface area contributed by atoms with Crippen molar-refractivity contribution >= 4 is 32.9 Å². The summed E-state index contributed by atoms with van der Waals surface area (Å²) in [6.45, 7) is 2.90. The van der Waals surface area contributed by atoms with Gasteiger partial charge in [0.1, 0.15) is 5.52 Å². The largest absolute Gasteiger partial charge is 0.395 e. The average molecular weight is 273 g/mol. The van der Waals surface area contributed by atoms with E-state index >= 15 is 0 Å². The molecule has 0 fully saturated rings. The maximum atomic E-state index is 6.14. The number of rotatable bonds is 4. The van der Waals surface area contributed by atoms with Crippen molar-refractivity contribution < 1.29 is 0 Å². The molecular formula is C13H15N5S. The number of nitrogens with two attached hydrogens (primary N) is 1. The molecule has 1 atom stereocenters. The minimum absolute atomic E-state index is 0.235. The second-order valence-electron chi connectivity index (χ2n) is 4.50. The molecule has 1 aromatic carbocycles. The van der Waals surface area contributed by atoms with Gasteiger partial charge in [-0.15, -0.1) is 11.3 Å². The number of anilines is 2. The third-order valence-corrected chi connectivity index (χ3v) is 3.76. The number of thiazole rings is 1. The normalized spacial score (nSPS) is 12.7. The minimum Gasteiger partial charge on any atom is -0.395 e. The van der Waals surface area contributed by atoms with Gasteiger partial charge in [0.05, 0.1) is 28.1 Å². The van der Waals surface area contributed by atoms with Crippen LogP contribution in [0.25, 0.3) is 10.2 Å². The van der Waals surface area contributed by atoms with Gasteiger partial charge in [-0.25, -0.2) is 4.98 Å². The molecule has 0 aliphatic heterocycles.